The second-order valence-corrected chi connectivity index (χ2v) is 7.44. The number of rotatable bonds is 11. The van der Waals surface area contributed by atoms with Crippen LogP contribution in [0.4, 0.5) is 0 Å². The van der Waals surface area contributed by atoms with Crippen LogP contribution in [0.25, 0.3) is 0 Å². The largest absolute Gasteiger partial charge is 0.494 e. The molecule has 1 amide bonds. The summed E-state index contributed by atoms with van der Waals surface area (Å²) < 4.78 is 5.85. The van der Waals surface area contributed by atoms with E-state index in [4.69, 9.17) is 4.74 Å². The number of likely N-dealkylation sites (tertiary alicyclic amines) is 1. The van der Waals surface area contributed by atoms with Crippen LogP contribution in [0.5, 0.6) is 5.75 Å². The minimum atomic E-state index is 0.135. The van der Waals surface area contributed by atoms with Gasteiger partial charge < -0.3 is 15.0 Å². The summed E-state index contributed by atoms with van der Waals surface area (Å²) in [7, 11) is 4.05. The van der Waals surface area contributed by atoms with Crippen LogP contribution >= 0.6 is 0 Å². The molecule has 0 unspecified atom stereocenters. The van der Waals surface area contributed by atoms with Gasteiger partial charge in [0.15, 0.2) is 0 Å². The zero-order valence-electron chi connectivity index (χ0n) is 16.5. The zero-order chi connectivity index (χ0) is 18.6. The minimum Gasteiger partial charge on any atom is -0.494 e. The predicted octanol–water partition coefficient (Wildman–Crippen LogP) is 2.90. The SMILES string of the molecule is CN(C)CCCC(=O)NCCCOc1cccc(CN2CCCCC2)c1. The summed E-state index contributed by atoms with van der Waals surface area (Å²) in [6.07, 6.45) is 6.33. The molecule has 146 valence electrons. The number of ether oxygens (including phenoxy) is 1. The molecule has 5 heteroatoms. The molecule has 2 rings (SSSR count). The van der Waals surface area contributed by atoms with Gasteiger partial charge in [0, 0.05) is 19.5 Å². The standard InChI is InChI=1S/C21H35N3O2/c1-23(2)13-7-11-21(25)22-12-8-16-26-20-10-6-9-19(17-20)18-24-14-4-3-5-15-24/h6,9-10,17H,3-5,7-8,11-16,18H2,1-2H3,(H,22,25). The molecule has 0 saturated carbocycles. The maximum Gasteiger partial charge on any atom is 0.220 e. The fraction of sp³-hybridized carbons (Fsp3) is 0.667. The predicted molar refractivity (Wildman–Crippen MR) is 106 cm³/mol. The Kier molecular flexibility index (Phi) is 9.50. The molecule has 1 heterocycles. The lowest BCUT2D eigenvalue weighted by atomic mass is 10.1. The van der Waals surface area contributed by atoms with E-state index in [0.29, 0.717) is 19.6 Å². The van der Waals surface area contributed by atoms with Crippen LogP contribution in [-0.2, 0) is 11.3 Å². The van der Waals surface area contributed by atoms with Crippen LogP contribution in [0.1, 0.15) is 44.1 Å². The first-order valence-corrected chi connectivity index (χ1v) is 9.99. The number of nitrogens with zero attached hydrogens (tertiary/aromatic N) is 2. The smallest absolute Gasteiger partial charge is 0.220 e. The molecule has 1 aliphatic heterocycles. The molecule has 1 fully saturated rings. The molecular weight excluding hydrogens is 326 g/mol. The van der Waals surface area contributed by atoms with Crippen molar-refractivity contribution in [2.75, 3.05) is 46.9 Å². The van der Waals surface area contributed by atoms with Gasteiger partial charge in [0.2, 0.25) is 5.91 Å². The number of piperidine rings is 1. The van der Waals surface area contributed by atoms with E-state index in [0.717, 1.165) is 31.7 Å². The van der Waals surface area contributed by atoms with Crippen molar-refractivity contribution in [1.29, 1.82) is 0 Å². The number of benzene rings is 1. The number of carbonyl (C=O) groups excluding carboxylic acids is 1. The molecule has 1 saturated heterocycles. The molecule has 1 aliphatic rings. The van der Waals surface area contributed by atoms with Crippen molar-refractivity contribution in [3.05, 3.63) is 29.8 Å². The maximum atomic E-state index is 11.7. The summed E-state index contributed by atoms with van der Waals surface area (Å²) in [4.78, 5) is 16.3. The van der Waals surface area contributed by atoms with Gasteiger partial charge in [-0.2, -0.15) is 0 Å². The Morgan fingerprint density at radius 3 is 2.77 bits per heavy atom. The molecule has 0 aromatic heterocycles. The summed E-state index contributed by atoms with van der Waals surface area (Å²) in [5.41, 5.74) is 1.32. The van der Waals surface area contributed by atoms with Crippen LogP contribution in [0.3, 0.4) is 0 Å². The summed E-state index contributed by atoms with van der Waals surface area (Å²) in [6, 6.07) is 8.41. The van der Waals surface area contributed by atoms with E-state index in [1.165, 1.54) is 37.9 Å². The van der Waals surface area contributed by atoms with Gasteiger partial charge in [-0.15, -0.1) is 0 Å². The Morgan fingerprint density at radius 2 is 2.00 bits per heavy atom. The lowest BCUT2D eigenvalue weighted by Crippen LogP contribution is -2.29. The highest BCUT2D eigenvalue weighted by Crippen LogP contribution is 2.17. The molecule has 5 nitrogen and oxygen atoms in total. The van der Waals surface area contributed by atoms with Gasteiger partial charge in [-0.05, 0) is 77.1 Å². The molecule has 0 spiro atoms. The number of nitrogens with one attached hydrogen (secondary N) is 1. The van der Waals surface area contributed by atoms with E-state index in [-0.39, 0.29) is 5.91 Å². The van der Waals surface area contributed by atoms with Crippen LogP contribution in [0.15, 0.2) is 24.3 Å². The molecule has 0 aliphatic carbocycles. The first kappa shape index (κ1) is 20.7. The average molecular weight is 362 g/mol. The highest BCUT2D eigenvalue weighted by Gasteiger charge is 2.10. The summed E-state index contributed by atoms with van der Waals surface area (Å²) in [5.74, 6) is 1.06. The van der Waals surface area contributed by atoms with E-state index in [9.17, 15) is 4.79 Å². The van der Waals surface area contributed by atoms with E-state index in [1.54, 1.807) is 0 Å². The Morgan fingerprint density at radius 1 is 1.19 bits per heavy atom. The first-order valence-electron chi connectivity index (χ1n) is 9.99. The second-order valence-electron chi connectivity index (χ2n) is 7.44. The third-order valence-corrected chi connectivity index (χ3v) is 4.67. The van der Waals surface area contributed by atoms with Crippen molar-refractivity contribution >= 4 is 5.91 Å². The zero-order valence-corrected chi connectivity index (χ0v) is 16.5. The Balaban J connectivity index is 1.59. The first-order chi connectivity index (χ1) is 12.6. The van der Waals surface area contributed by atoms with E-state index in [2.05, 4.69) is 33.3 Å². The quantitative estimate of drug-likeness (QED) is 0.616. The molecule has 1 N–H and O–H groups in total. The Labute approximate surface area is 158 Å². The van der Waals surface area contributed by atoms with Crippen LogP contribution in [0, 0.1) is 0 Å². The summed E-state index contributed by atoms with van der Waals surface area (Å²) in [5, 5.41) is 2.96. The third kappa shape index (κ3) is 8.68. The lowest BCUT2D eigenvalue weighted by Gasteiger charge is -2.26. The highest BCUT2D eigenvalue weighted by molar-refractivity contribution is 5.75. The minimum absolute atomic E-state index is 0.135. The van der Waals surface area contributed by atoms with Gasteiger partial charge in [0.25, 0.3) is 0 Å². The third-order valence-electron chi connectivity index (χ3n) is 4.67. The van der Waals surface area contributed by atoms with Gasteiger partial charge in [-0.1, -0.05) is 18.6 Å². The molecule has 1 aromatic carbocycles. The van der Waals surface area contributed by atoms with Crippen LogP contribution in [0.2, 0.25) is 0 Å². The number of carbonyl (C=O) groups is 1. The van der Waals surface area contributed by atoms with Crippen molar-refractivity contribution in [3.8, 4) is 5.75 Å². The van der Waals surface area contributed by atoms with Gasteiger partial charge in [0.1, 0.15) is 5.75 Å². The van der Waals surface area contributed by atoms with E-state index >= 15 is 0 Å². The van der Waals surface area contributed by atoms with Gasteiger partial charge in [-0.25, -0.2) is 0 Å². The molecule has 0 radical (unpaired) electrons. The lowest BCUT2D eigenvalue weighted by molar-refractivity contribution is -0.121. The van der Waals surface area contributed by atoms with Crippen molar-refractivity contribution in [3.63, 3.8) is 0 Å². The number of hydrogen-bond donors (Lipinski definition) is 1. The Hall–Kier alpha value is -1.59. The highest BCUT2D eigenvalue weighted by atomic mass is 16.5. The van der Waals surface area contributed by atoms with Crippen LogP contribution < -0.4 is 10.1 Å². The van der Waals surface area contributed by atoms with Gasteiger partial charge in [0.05, 0.1) is 6.61 Å². The van der Waals surface area contributed by atoms with Crippen LogP contribution in [-0.4, -0.2) is 62.6 Å². The molecule has 26 heavy (non-hydrogen) atoms. The average Bonchev–Trinajstić information content (AvgIpc) is 2.62. The molecule has 1 aromatic rings. The fourth-order valence-electron chi connectivity index (χ4n) is 3.24. The van der Waals surface area contributed by atoms with Gasteiger partial charge >= 0.3 is 0 Å². The van der Waals surface area contributed by atoms with Crippen molar-refractivity contribution in [1.82, 2.24) is 15.1 Å². The molecular formula is C21H35N3O2. The number of amides is 1. The maximum absolute atomic E-state index is 11.7. The normalized spacial score (nSPS) is 15.2. The Bertz CT molecular complexity index is 528. The van der Waals surface area contributed by atoms with Gasteiger partial charge in [-0.3, -0.25) is 9.69 Å². The summed E-state index contributed by atoms with van der Waals surface area (Å²) >= 11 is 0. The number of hydrogen-bond acceptors (Lipinski definition) is 4. The topological polar surface area (TPSA) is 44.8 Å². The molecule has 0 bridgehead atoms. The van der Waals surface area contributed by atoms with Crippen molar-refractivity contribution in [2.24, 2.45) is 0 Å². The summed E-state index contributed by atoms with van der Waals surface area (Å²) in [6.45, 7) is 5.68. The second kappa shape index (κ2) is 11.9. The van der Waals surface area contributed by atoms with E-state index in [1.807, 2.05) is 20.2 Å². The fourth-order valence-corrected chi connectivity index (χ4v) is 3.24. The van der Waals surface area contributed by atoms with E-state index < -0.39 is 0 Å². The monoisotopic (exact) mass is 361 g/mol. The van der Waals surface area contributed by atoms with Crippen molar-refractivity contribution < 1.29 is 9.53 Å². The molecule has 0 atom stereocenters. The van der Waals surface area contributed by atoms with Crippen molar-refractivity contribution in [2.45, 2.75) is 45.1 Å².